The standard InChI is InChI=1S/C22H23NO4/c1-4-26-22(25)21-20(17-7-5-6-8-18(17)27-21)23-19(24)13-15-9-11-16(12-10-15)14(2)3/h5-12,14H,4,13H2,1-3H3,(H,23,24). The van der Waals surface area contributed by atoms with Gasteiger partial charge in [0.1, 0.15) is 11.3 Å². The predicted octanol–water partition coefficient (Wildman–Crippen LogP) is 4.91. The summed E-state index contributed by atoms with van der Waals surface area (Å²) in [5, 5.41) is 3.50. The Morgan fingerprint density at radius 2 is 1.78 bits per heavy atom. The quantitative estimate of drug-likeness (QED) is 0.630. The Bertz CT molecular complexity index is 954. The van der Waals surface area contributed by atoms with Crippen LogP contribution in [0.25, 0.3) is 11.0 Å². The molecule has 0 bridgehead atoms. The number of carbonyl (C=O) groups is 2. The normalized spacial score (nSPS) is 11.0. The summed E-state index contributed by atoms with van der Waals surface area (Å²) >= 11 is 0. The van der Waals surface area contributed by atoms with Crippen LogP contribution in [-0.2, 0) is 16.0 Å². The number of rotatable bonds is 6. The predicted molar refractivity (Wildman–Crippen MR) is 105 cm³/mol. The van der Waals surface area contributed by atoms with Gasteiger partial charge in [-0.05, 0) is 36.1 Å². The molecule has 0 spiro atoms. The van der Waals surface area contributed by atoms with E-state index in [1.54, 1.807) is 19.1 Å². The van der Waals surface area contributed by atoms with Crippen molar-refractivity contribution in [2.75, 3.05) is 11.9 Å². The van der Waals surface area contributed by atoms with Crippen molar-refractivity contribution in [3.63, 3.8) is 0 Å². The Hall–Kier alpha value is -3.08. The van der Waals surface area contributed by atoms with Gasteiger partial charge in [-0.2, -0.15) is 0 Å². The molecule has 0 radical (unpaired) electrons. The van der Waals surface area contributed by atoms with Gasteiger partial charge in [0, 0.05) is 5.39 Å². The molecule has 2 aromatic carbocycles. The molecule has 3 rings (SSSR count). The Labute approximate surface area is 158 Å². The molecule has 140 valence electrons. The average Bonchev–Trinajstić information content (AvgIpc) is 3.01. The molecule has 0 aliphatic carbocycles. The van der Waals surface area contributed by atoms with E-state index >= 15 is 0 Å². The van der Waals surface area contributed by atoms with Crippen molar-refractivity contribution < 1.29 is 18.7 Å². The van der Waals surface area contributed by atoms with Crippen LogP contribution in [0.4, 0.5) is 5.69 Å². The van der Waals surface area contributed by atoms with Gasteiger partial charge in [-0.1, -0.05) is 50.2 Å². The number of amides is 1. The van der Waals surface area contributed by atoms with Gasteiger partial charge in [0.25, 0.3) is 0 Å². The molecule has 0 fully saturated rings. The molecular weight excluding hydrogens is 342 g/mol. The third-order valence-electron chi connectivity index (χ3n) is 4.33. The molecule has 0 aliphatic rings. The van der Waals surface area contributed by atoms with Gasteiger partial charge >= 0.3 is 5.97 Å². The number of hydrogen-bond donors (Lipinski definition) is 1. The smallest absolute Gasteiger partial charge is 0.376 e. The highest BCUT2D eigenvalue weighted by atomic mass is 16.5. The van der Waals surface area contributed by atoms with E-state index in [2.05, 4.69) is 19.2 Å². The first-order chi connectivity index (χ1) is 13.0. The molecule has 0 saturated heterocycles. The average molecular weight is 365 g/mol. The number of fused-ring (bicyclic) bond motifs is 1. The van der Waals surface area contributed by atoms with Crippen molar-refractivity contribution >= 4 is 28.5 Å². The van der Waals surface area contributed by atoms with Crippen LogP contribution in [-0.4, -0.2) is 18.5 Å². The van der Waals surface area contributed by atoms with Crippen LogP contribution in [0.15, 0.2) is 52.9 Å². The minimum Gasteiger partial charge on any atom is -0.460 e. The zero-order chi connectivity index (χ0) is 19.4. The lowest BCUT2D eigenvalue weighted by Crippen LogP contribution is -2.16. The minimum atomic E-state index is -0.592. The maximum absolute atomic E-state index is 12.6. The largest absolute Gasteiger partial charge is 0.460 e. The molecule has 1 amide bonds. The number of anilines is 1. The first-order valence-electron chi connectivity index (χ1n) is 9.07. The fourth-order valence-electron chi connectivity index (χ4n) is 2.90. The third kappa shape index (κ3) is 4.19. The number of benzene rings is 2. The lowest BCUT2D eigenvalue weighted by atomic mass is 10.0. The van der Waals surface area contributed by atoms with Crippen molar-refractivity contribution in [1.29, 1.82) is 0 Å². The van der Waals surface area contributed by atoms with Crippen LogP contribution < -0.4 is 5.32 Å². The van der Waals surface area contributed by atoms with Crippen LogP contribution in [0.2, 0.25) is 0 Å². The molecule has 0 atom stereocenters. The first kappa shape index (κ1) is 18.7. The van der Waals surface area contributed by atoms with Crippen LogP contribution in [0.5, 0.6) is 0 Å². The van der Waals surface area contributed by atoms with Gasteiger partial charge in [0.05, 0.1) is 13.0 Å². The molecular formula is C22H23NO4. The fraction of sp³-hybridized carbons (Fsp3) is 0.273. The lowest BCUT2D eigenvalue weighted by Gasteiger charge is -2.08. The zero-order valence-corrected chi connectivity index (χ0v) is 15.7. The number of carbonyl (C=O) groups excluding carboxylic acids is 2. The van der Waals surface area contributed by atoms with Crippen molar-refractivity contribution in [2.24, 2.45) is 0 Å². The summed E-state index contributed by atoms with van der Waals surface area (Å²) in [6.07, 6.45) is 0.208. The lowest BCUT2D eigenvalue weighted by molar-refractivity contribution is -0.115. The van der Waals surface area contributed by atoms with Crippen molar-refractivity contribution in [3.8, 4) is 0 Å². The summed E-state index contributed by atoms with van der Waals surface area (Å²) in [4.78, 5) is 24.8. The molecule has 5 heteroatoms. The summed E-state index contributed by atoms with van der Waals surface area (Å²) < 4.78 is 10.7. The Kier molecular flexibility index (Phi) is 5.60. The van der Waals surface area contributed by atoms with Gasteiger partial charge < -0.3 is 14.5 Å². The maximum atomic E-state index is 12.6. The van der Waals surface area contributed by atoms with E-state index in [-0.39, 0.29) is 24.7 Å². The van der Waals surface area contributed by atoms with Crippen LogP contribution in [0.1, 0.15) is 48.4 Å². The number of esters is 1. The highest BCUT2D eigenvalue weighted by Crippen LogP contribution is 2.31. The molecule has 27 heavy (non-hydrogen) atoms. The third-order valence-corrected chi connectivity index (χ3v) is 4.33. The Morgan fingerprint density at radius 1 is 1.07 bits per heavy atom. The molecule has 1 aromatic heterocycles. The van der Waals surface area contributed by atoms with Gasteiger partial charge in [-0.15, -0.1) is 0 Å². The molecule has 0 unspecified atom stereocenters. The van der Waals surface area contributed by atoms with Gasteiger partial charge in [-0.3, -0.25) is 4.79 Å². The van der Waals surface area contributed by atoms with E-state index in [4.69, 9.17) is 9.15 Å². The molecule has 3 aromatic rings. The van der Waals surface area contributed by atoms with E-state index in [1.165, 1.54) is 5.56 Å². The Balaban J connectivity index is 1.83. The Morgan fingerprint density at radius 3 is 2.44 bits per heavy atom. The first-order valence-corrected chi connectivity index (χ1v) is 9.07. The molecule has 5 nitrogen and oxygen atoms in total. The summed E-state index contributed by atoms with van der Waals surface area (Å²) in [7, 11) is 0. The van der Waals surface area contributed by atoms with E-state index < -0.39 is 5.97 Å². The summed E-state index contributed by atoms with van der Waals surface area (Å²) in [6, 6.07) is 15.2. The van der Waals surface area contributed by atoms with Crippen molar-refractivity contribution in [1.82, 2.24) is 0 Å². The summed E-state index contributed by atoms with van der Waals surface area (Å²) in [5.41, 5.74) is 3.01. The molecule has 0 aliphatic heterocycles. The number of hydrogen-bond acceptors (Lipinski definition) is 4. The van der Waals surface area contributed by atoms with E-state index in [0.29, 0.717) is 22.6 Å². The number of furan rings is 1. The van der Waals surface area contributed by atoms with Crippen LogP contribution >= 0.6 is 0 Å². The van der Waals surface area contributed by atoms with Crippen molar-refractivity contribution in [2.45, 2.75) is 33.1 Å². The van der Waals surface area contributed by atoms with Crippen LogP contribution in [0.3, 0.4) is 0 Å². The molecule has 0 saturated carbocycles. The van der Waals surface area contributed by atoms with Gasteiger partial charge in [0.15, 0.2) is 0 Å². The topological polar surface area (TPSA) is 68.5 Å². The van der Waals surface area contributed by atoms with E-state index in [0.717, 1.165) is 5.56 Å². The zero-order valence-electron chi connectivity index (χ0n) is 15.7. The number of ether oxygens (including phenoxy) is 1. The molecule has 1 heterocycles. The second-order valence-electron chi connectivity index (χ2n) is 6.64. The minimum absolute atomic E-state index is 0.0153. The van der Waals surface area contributed by atoms with Gasteiger partial charge in [0.2, 0.25) is 11.7 Å². The highest BCUT2D eigenvalue weighted by molar-refractivity contribution is 6.09. The fourth-order valence-corrected chi connectivity index (χ4v) is 2.90. The van der Waals surface area contributed by atoms with Crippen molar-refractivity contribution in [3.05, 3.63) is 65.4 Å². The second kappa shape index (κ2) is 8.08. The van der Waals surface area contributed by atoms with E-state index in [9.17, 15) is 9.59 Å². The monoisotopic (exact) mass is 365 g/mol. The molecule has 1 N–H and O–H groups in total. The van der Waals surface area contributed by atoms with E-state index in [1.807, 2.05) is 36.4 Å². The summed E-state index contributed by atoms with van der Waals surface area (Å²) in [6.45, 7) is 6.20. The second-order valence-corrected chi connectivity index (χ2v) is 6.64. The highest BCUT2D eigenvalue weighted by Gasteiger charge is 2.23. The SMILES string of the molecule is CCOC(=O)c1oc2ccccc2c1NC(=O)Cc1ccc(C(C)C)cc1. The van der Waals surface area contributed by atoms with Crippen LogP contribution in [0, 0.1) is 0 Å². The summed E-state index contributed by atoms with van der Waals surface area (Å²) in [5.74, 6) is -0.353. The van der Waals surface area contributed by atoms with Gasteiger partial charge in [-0.25, -0.2) is 4.79 Å². The number of nitrogens with one attached hydrogen (secondary N) is 1. The maximum Gasteiger partial charge on any atom is 0.376 e. The number of para-hydroxylation sites is 1.